The van der Waals surface area contributed by atoms with E-state index in [1.807, 2.05) is 0 Å². The number of hydrogen-bond donors (Lipinski definition) is 1. The van der Waals surface area contributed by atoms with Gasteiger partial charge in [-0.25, -0.2) is 0 Å². The smallest absolute Gasteiger partial charge is 0.257 e. The molecule has 0 aliphatic carbocycles. The fraction of sp³-hybridized carbons (Fsp3) is 0.455. The number of piperidine rings is 1. The zero-order valence-electron chi connectivity index (χ0n) is 8.89. The second-order valence-electron chi connectivity index (χ2n) is 4.00. The molecule has 86 valence electrons. The highest BCUT2D eigenvalue weighted by Gasteiger charge is 2.27. The number of nitrogens with two attached hydrogens (primary N) is 1. The molecule has 1 aromatic heterocycles. The van der Waals surface area contributed by atoms with E-state index in [4.69, 9.17) is 10.2 Å². The van der Waals surface area contributed by atoms with Gasteiger partial charge in [0.05, 0.1) is 17.7 Å². The lowest BCUT2D eigenvalue weighted by atomic mass is 9.97. The zero-order chi connectivity index (χ0) is 11.5. The number of hydrogen-bond acceptors (Lipinski definition) is 3. The predicted octanol–water partition coefficient (Wildman–Crippen LogP) is 0.617. The van der Waals surface area contributed by atoms with Gasteiger partial charge in [-0.05, 0) is 18.9 Å². The standard InChI is InChI=1S/C11H14N2O3/c12-10(14)8-2-1-4-13(6-8)11(15)9-3-5-16-7-9/h3,5,7-8H,1-2,4,6H2,(H2,12,14). The van der Waals surface area contributed by atoms with E-state index in [1.165, 1.54) is 12.5 Å². The minimum Gasteiger partial charge on any atom is -0.472 e. The molecule has 1 atom stereocenters. The highest BCUT2D eigenvalue weighted by Crippen LogP contribution is 2.18. The molecule has 5 heteroatoms. The van der Waals surface area contributed by atoms with Gasteiger partial charge in [0.25, 0.3) is 5.91 Å². The maximum Gasteiger partial charge on any atom is 0.257 e. The van der Waals surface area contributed by atoms with Gasteiger partial charge in [0.2, 0.25) is 5.91 Å². The lowest BCUT2D eigenvalue weighted by molar-refractivity contribution is -0.123. The van der Waals surface area contributed by atoms with Crippen LogP contribution in [-0.2, 0) is 4.79 Å². The molecule has 1 fully saturated rings. The molecule has 2 amide bonds. The Morgan fingerprint density at radius 3 is 2.94 bits per heavy atom. The lowest BCUT2D eigenvalue weighted by Gasteiger charge is -2.30. The molecular formula is C11H14N2O3. The summed E-state index contributed by atoms with van der Waals surface area (Å²) in [6.45, 7) is 1.09. The molecule has 0 aromatic carbocycles. The number of rotatable bonds is 2. The Morgan fingerprint density at radius 1 is 1.50 bits per heavy atom. The Morgan fingerprint density at radius 2 is 2.31 bits per heavy atom. The minimum atomic E-state index is -0.329. The van der Waals surface area contributed by atoms with Crippen molar-refractivity contribution in [2.24, 2.45) is 11.7 Å². The number of furan rings is 1. The lowest BCUT2D eigenvalue weighted by Crippen LogP contribution is -2.44. The summed E-state index contributed by atoms with van der Waals surface area (Å²) in [5, 5.41) is 0. The number of likely N-dealkylation sites (tertiary alicyclic amines) is 1. The van der Waals surface area contributed by atoms with E-state index < -0.39 is 0 Å². The maximum atomic E-state index is 11.9. The molecule has 2 heterocycles. The number of primary amides is 1. The first-order chi connectivity index (χ1) is 7.68. The molecule has 1 aliphatic rings. The van der Waals surface area contributed by atoms with Crippen molar-refractivity contribution >= 4 is 11.8 Å². The number of carbonyl (C=O) groups excluding carboxylic acids is 2. The van der Waals surface area contributed by atoms with E-state index >= 15 is 0 Å². The molecule has 2 rings (SSSR count). The average molecular weight is 222 g/mol. The predicted molar refractivity (Wildman–Crippen MR) is 56.5 cm³/mol. The molecule has 5 nitrogen and oxygen atoms in total. The van der Waals surface area contributed by atoms with Crippen molar-refractivity contribution in [3.8, 4) is 0 Å². The highest BCUT2D eigenvalue weighted by atomic mass is 16.3. The van der Waals surface area contributed by atoms with E-state index in [0.717, 1.165) is 12.8 Å². The highest BCUT2D eigenvalue weighted by molar-refractivity contribution is 5.94. The van der Waals surface area contributed by atoms with Gasteiger partial charge in [-0.15, -0.1) is 0 Å². The summed E-state index contributed by atoms with van der Waals surface area (Å²) < 4.78 is 4.86. The van der Waals surface area contributed by atoms with Gasteiger partial charge in [0.1, 0.15) is 6.26 Å². The second kappa shape index (κ2) is 4.38. The molecule has 16 heavy (non-hydrogen) atoms. The molecule has 0 saturated carbocycles. The van der Waals surface area contributed by atoms with Crippen LogP contribution in [0.1, 0.15) is 23.2 Å². The third kappa shape index (κ3) is 2.08. The van der Waals surface area contributed by atoms with Crippen LogP contribution in [0.25, 0.3) is 0 Å². The van der Waals surface area contributed by atoms with Gasteiger partial charge < -0.3 is 15.1 Å². The second-order valence-corrected chi connectivity index (χ2v) is 4.00. The van der Waals surface area contributed by atoms with Crippen LogP contribution < -0.4 is 5.73 Å². The fourth-order valence-corrected chi connectivity index (χ4v) is 1.96. The van der Waals surface area contributed by atoms with Gasteiger partial charge in [-0.3, -0.25) is 9.59 Å². The number of carbonyl (C=O) groups is 2. The van der Waals surface area contributed by atoms with Gasteiger partial charge in [-0.1, -0.05) is 0 Å². The summed E-state index contributed by atoms with van der Waals surface area (Å²) in [4.78, 5) is 24.7. The molecule has 1 aromatic rings. The summed E-state index contributed by atoms with van der Waals surface area (Å²) in [5.41, 5.74) is 5.77. The summed E-state index contributed by atoms with van der Waals surface area (Å²) in [6, 6.07) is 1.62. The van der Waals surface area contributed by atoms with E-state index in [-0.39, 0.29) is 17.7 Å². The monoisotopic (exact) mass is 222 g/mol. The first kappa shape index (κ1) is 10.7. The van der Waals surface area contributed by atoms with Gasteiger partial charge in [0.15, 0.2) is 0 Å². The van der Waals surface area contributed by atoms with Crippen LogP contribution in [0, 0.1) is 5.92 Å². The molecule has 1 unspecified atom stereocenters. The van der Waals surface area contributed by atoms with Gasteiger partial charge in [-0.2, -0.15) is 0 Å². The van der Waals surface area contributed by atoms with Crippen molar-refractivity contribution in [2.45, 2.75) is 12.8 Å². The maximum absolute atomic E-state index is 11.9. The van der Waals surface area contributed by atoms with Crippen molar-refractivity contribution in [1.82, 2.24) is 4.90 Å². The first-order valence-electron chi connectivity index (χ1n) is 5.29. The SMILES string of the molecule is NC(=O)C1CCCN(C(=O)c2ccoc2)C1. The average Bonchev–Trinajstić information content (AvgIpc) is 2.81. The molecule has 2 N–H and O–H groups in total. The van der Waals surface area contributed by atoms with Crippen LogP contribution in [0.5, 0.6) is 0 Å². The Bertz CT molecular complexity index is 386. The van der Waals surface area contributed by atoms with Crippen LogP contribution in [0.4, 0.5) is 0 Å². The Kier molecular flexibility index (Phi) is 2.94. The third-order valence-corrected chi connectivity index (χ3v) is 2.88. The minimum absolute atomic E-state index is 0.0975. The van der Waals surface area contributed by atoms with Crippen molar-refractivity contribution in [3.05, 3.63) is 24.2 Å². The Labute approximate surface area is 93.2 Å². The van der Waals surface area contributed by atoms with Gasteiger partial charge >= 0.3 is 0 Å². The van der Waals surface area contributed by atoms with Crippen molar-refractivity contribution in [1.29, 1.82) is 0 Å². The summed E-state index contributed by atoms with van der Waals surface area (Å²) in [6.07, 6.45) is 4.46. The quantitative estimate of drug-likeness (QED) is 0.796. The molecule has 0 bridgehead atoms. The van der Waals surface area contributed by atoms with E-state index in [0.29, 0.717) is 18.7 Å². The van der Waals surface area contributed by atoms with E-state index in [1.54, 1.807) is 11.0 Å². The van der Waals surface area contributed by atoms with E-state index in [9.17, 15) is 9.59 Å². The molecular weight excluding hydrogens is 208 g/mol. The van der Waals surface area contributed by atoms with Crippen molar-refractivity contribution in [3.63, 3.8) is 0 Å². The Balaban J connectivity index is 2.05. The van der Waals surface area contributed by atoms with Crippen LogP contribution in [0.3, 0.4) is 0 Å². The van der Waals surface area contributed by atoms with Crippen LogP contribution >= 0.6 is 0 Å². The van der Waals surface area contributed by atoms with Gasteiger partial charge in [0, 0.05) is 13.1 Å². The van der Waals surface area contributed by atoms with Crippen molar-refractivity contribution < 1.29 is 14.0 Å². The van der Waals surface area contributed by atoms with Crippen LogP contribution in [0.2, 0.25) is 0 Å². The van der Waals surface area contributed by atoms with Crippen LogP contribution in [-0.4, -0.2) is 29.8 Å². The Hall–Kier alpha value is -1.78. The first-order valence-corrected chi connectivity index (χ1v) is 5.29. The summed E-state index contributed by atoms with van der Waals surface area (Å²) >= 11 is 0. The zero-order valence-corrected chi connectivity index (χ0v) is 8.89. The van der Waals surface area contributed by atoms with Crippen LogP contribution in [0.15, 0.2) is 23.0 Å². The molecule has 1 aliphatic heterocycles. The topological polar surface area (TPSA) is 76.5 Å². The number of nitrogens with zero attached hydrogens (tertiary/aromatic N) is 1. The van der Waals surface area contributed by atoms with E-state index in [2.05, 4.69) is 0 Å². The van der Waals surface area contributed by atoms with Crippen molar-refractivity contribution in [2.75, 3.05) is 13.1 Å². The summed E-state index contributed by atoms with van der Waals surface area (Å²) in [7, 11) is 0. The molecule has 0 spiro atoms. The molecule has 1 saturated heterocycles. The fourth-order valence-electron chi connectivity index (χ4n) is 1.96. The largest absolute Gasteiger partial charge is 0.472 e. The molecule has 0 radical (unpaired) electrons. The summed E-state index contributed by atoms with van der Waals surface area (Å²) in [5.74, 6) is -0.644. The number of amides is 2. The normalized spacial score (nSPS) is 20.8. The third-order valence-electron chi connectivity index (χ3n) is 2.88.